The van der Waals surface area contributed by atoms with Crippen LogP contribution < -0.4 is 0 Å². The van der Waals surface area contributed by atoms with Gasteiger partial charge in [-0.2, -0.15) is 0 Å². The molecule has 0 aliphatic carbocycles. The third kappa shape index (κ3) is 3.34. The molecule has 1 aliphatic heterocycles. The quantitative estimate of drug-likeness (QED) is 0.792. The second-order valence-corrected chi connectivity index (χ2v) is 5.58. The molecule has 1 aliphatic rings. The fraction of sp³-hybridized carbons (Fsp3) is 0.615. The molecule has 1 saturated heterocycles. The van der Waals surface area contributed by atoms with Crippen molar-refractivity contribution in [3.63, 3.8) is 0 Å². The molecule has 6 nitrogen and oxygen atoms in total. The predicted octanol–water partition coefficient (Wildman–Crippen LogP) is 1.57. The Kier molecular flexibility index (Phi) is 4.72. The van der Waals surface area contributed by atoms with Gasteiger partial charge in [0.1, 0.15) is 5.69 Å². The monoisotopic (exact) mass is 298 g/mol. The topological polar surface area (TPSA) is 68.7 Å². The van der Waals surface area contributed by atoms with Crippen molar-refractivity contribution < 1.29 is 19.1 Å². The van der Waals surface area contributed by atoms with E-state index in [0.29, 0.717) is 25.4 Å². The van der Waals surface area contributed by atoms with E-state index < -0.39 is 5.97 Å². The molecule has 0 aromatic carbocycles. The highest BCUT2D eigenvalue weighted by Crippen LogP contribution is 2.17. The van der Waals surface area contributed by atoms with Crippen LogP contribution in [0.3, 0.4) is 0 Å². The zero-order chi connectivity index (χ0) is 14.7. The molecule has 0 radical (unpaired) electrons. The second kappa shape index (κ2) is 6.32. The Bertz CT molecular complexity index is 492. The molecule has 1 amide bonds. The number of nitrogens with zero attached hydrogens (tertiary/aromatic N) is 2. The standard InChI is InChI=1S/C13H18N2O4S/c1-4-18-13(17)11-14-10(7-20-11)12(16)15-5-8(2)19-9(3)6-15/h7-9H,4-6H2,1-3H3/t8-,9+. The highest BCUT2D eigenvalue weighted by Gasteiger charge is 2.28. The van der Waals surface area contributed by atoms with E-state index in [2.05, 4.69) is 4.98 Å². The van der Waals surface area contributed by atoms with Crippen LogP contribution in [-0.4, -0.2) is 53.7 Å². The Morgan fingerprint density at radius 1 is 1.45 bits per heavy atom. The Labute approximate surface area is 121 Å². The van der Waals surface area contributed by atoms with E-state index in [0.717, 1.165) is 11.3 Å². The normalized spacial score (nSPS) is 22.6. The molecular formula is C13H18N2O4S. The van der Waals surface area contributed by atoms with Crippen LogP contribution in [0.25, 0.3) is 0 Å². The lowest BCUT2D eigenvalue weighted by atomic mass is 10.2. The maximum absolute atomic E-state index is 12.3. The number of rotatable bonds is 3. The molecule has 2 atom stereocenters. The highest BCUT2D eigenvalue weighted by molar-refractivity contribution is 7.11. The van der Waals surface area contributed by atoms with Gasteiger partial charge in [0.2, 0.25) is 5.01 Å². The molecule has 2 rings (SSSR count). The minimum Gasteiger partial charge on any atom is -0.461 e. The minimum atomic E-state index is -0.486. The lowest BCUT2D eigenvalue weighted by Crippen LogP contribution is -2.48. The smallest absolute Gasteiger partial charge is 0.367 e. The second-order valence-electron chi connectivity index (χ2n) is 4.73. The van der Waals surface area contributed by atoms with Gasteiger partial charge in [-0.05, 0) is 20.8 Å². The van der Waals surface area contributed by atoms with Crippen LogP contribution >= 0.6 is 11.3 Å². The van der Waals surface area contributed by atoms with Gasteiger partial charge in [-0.25, -0.2) is 9.78 Å². The van der Waals surface area contributed by atoms with Crippen molar-refractivity contribution in [2.45, 2.75) is 33.0 Å². The molecule has 2 heterocycles. The van der Waals surface area contributed by atoms with Crippen molar-refractivity contribution in [2.75, 3.05) is 19.7 Å². The number of thiazole rings is 1. The molecule has 110 valence electrons. The van der Waals surface area contributed by atoms with Gasteiger partial charge in [-0.15, -0.1) is 11.3 Å². The van der Waals surface area contributed by atoms with Gasteiger partial charge in [0.25, 0.3) is 5.91 Å². The first-order valence-electron chi connectivity index (χ1n) is 6.58. The fourth-order valence-electron chi connectivity index (χ4n) is 2.16. The van der Waals surface area contributed by atoms with Gasteiger partial charge in [-0.3, -0.25) is 4.79 Å². The first kappa shape index (κ1) is 14.9. The SMILES string of the molecule is CCOC(=O)c1nc(C(=O)N2C[C@@H](C)O[C@@H](C)C2)cs1. The van der Waals surface area contributed by atoms with E-state index in [-0.39, 0.29) is 23.1 Å². The maximum Gasteiger partial charge on any atom is 0.367 e. The Morgan fingerprint density at radius 3 is 2.70 bits per heavy atom. The van der Waals surface area contributed by atoms with Crippen molar-refractivity contribution >= 4 is 23.2 Å². The summed E-state index contributed by atoms with van der Waals surface area (Å²) < 4.78 is 10.5. The Morgan fingerprint density at radius 2 is 2.10 bits per heavy atom. The molecule has 1 aromatic heterocycles. The summed E-state index contributed by atoms with van der Waals surface area (Å²) in [5.41, 5.74) is 0.291. The van der Waals surface area contributed by atoms with Crippen LogP contribution in [0.2, 0.25) is 0 Å². The molecule has 0 saturated carbocycles. The summed E-state index contributed by atoms with van der Waals surface area (Å²) in [4.78, 5) is 29.7. The number of hydrogen-bond donors (Lipinski definition) is 0. The third-order valence-electron chi connectivity index (χ3n) is 2.88. The fourth-order valence-corrected chi connectivity index (χ4v) is 2.85. The molecule has 20 heavy (non-hydrogen) atoms. The zero-order valence-corrected chi connectivity index (χ0v) is 12.6. The van der Waals surface area contributed by atoms with Crippen molar-refractivity contribution in [3.8, 4) is 0 Å². The largest absolute Gasteiger partial charge is 0.461 e. The van der Waals surface area contributed by atoms with Gasteiger partial charge in [0.05, 0.1) is 18.8 Å². The molecule has 0 unspecified atom stereocenters. The number of esters is 1. The maximum atomic E-state index is 12.3. The molecule has 0 N–H and O–H groups in total. The lowest BCUT2D eigenvalue weighted by Gasteiger charge is -2.34. The predicted molar refractivity (Wildman–Crippen MR) is 74.0 cm³/mol. The number of carbonyl (C=O) groups excluding carboxylic acids is 2. The van der Waals surface area contributed by atoms with Crippen molar-refractivity contribution in [3.05, 3.63) is 16.1 Å². The summed E-state index contributed by atoms with van der Waals surface area (Å²) in [6.45, 7) is 6.96. The number of ether oxygens (including phenoxy) is 2. The zero-order valence-electron chi connectivity index (χ0n) is 11.8. The number of hydrogen-bond acceptors (Lipinski definition) is 6. The molecular weight excluding hydrogens is 280 g/mol. The average Bonchev–Trinajstić information content (AvgIpc) is 2.86. The van der Waals surface area contributed by atoms with Crippen LogP contribution in [-0.2, 0) is 9.47 Å². The molecule has 0 spiro atoms. The first-order chi connectivity index (χ1) is 9.51. The lowest BCUT2D eigenvalue weighted by molar-refractivity contribution is -0.0587. The van der Waals surface area contributed by atoms with E-state index in [1.807, 2.05) is 13.8 Å². The summed E-state index contributed by atoms with van der Waals surface area (Å²) >= 11 is 1.13. The molecule has 0 bridgehead atoms. The van der Waals surface area contributed by atoms with E-state index in [1.54, 1.807) is 17.2 Å². The van der Waals surface area contributed by atoms with Gasteiger partial charge in [-0.1, -0.05) is 0 Å². The van der Waals surface area contributed by atoms with E-state index in [1.165, 1.54) is 0 Å². The summed E-state index contributed by atoms with van der Waals surface area (Å²) in [6, 6.07) is 0. The summed E-state index contributed by atoms with van der Waals surface area (Å²) in [5, 5.41) is 1.81. The highest BCUT2D eigenvalue weighted by atomic mass is 32.1. The number of carbonyl (C=O) groups is 2. The van der Waals surface area contributed by atoms with Crippen LogP contribution in [0, 0.1) is 0 Å². The summed E-state index contributed by atoms with van der Waals surface area (Å²) in [5.74, 6) is -0.654. The van der Waals surface area contributed by atoms with E-state index >= 15 is 0 Å². The van der Waals surface area contributed by atoms with Crippen LogP contribution in [0.15, 0.2) is 5.38 Å². The minimum absolute atomic E-state index is 0.00543. The Hall–Kier alpha value is -1.47. The van der Waals surface area contributed by atoms with Crippen molar-refractivity contribution in [1.29, 1.82) is 0 Å². The van der Waals surface area contributed by atoms with Gasteiger partial charge < -0.3 is 14.4 Å². The van der Waals surface area contributed by atoms with E-state index in [9.17, 15) is 9.59 Å². The molecule has 1 fully saturated rings. The summed E-state index contributed by atoms with van der Waals surface area (Å²) in [7, 11) is 0. The van der Waals surface area contributed by atoms with Crippen LogP contribution in [0.1, 0.15) is 41.1 Å². The van der Waals surface area contributed by atoms with Gasteiger partial charge in [0.15, 0.2) is 0 Å². The van der Waals surface area contributed by atoms with Crippen molar-refractivity contribution in [1.82, 2.24) is 9.88 Å². The summed E-state index contributed by atoms with van der Waals surface area (Å²) in [6.07, 6.45) is 0.0109. The number of morpholine rings is 1. The first-order valence-corrected chi connectivity index (χ1v) is 7.46. The number of aromatic nitrogens is 1. The van der Waals surface area contributed by atoms with Crippen LogP contribution in [0.4, 0.5) is 0 Å². The Balaban J connectivity index is 2.07. The molecule has 1 aromatic rings. The van der Waals surface area contributed by atoms with Gasteiger partial charge in [0, 0.05) is 18.5 Å². The van der Waals surface area contributed by atoms with E-state index in [4.69, 9.17) is 9.47 Å². The average molecular weight is 298 g/mol. The van der Waals surface area contributed by atoms with Crippen LogP contribution in [0.5, 0.6) is 0 Å². The number of amides is 1. The molecule has 7 heteroatoms. The van der Waals surface area contributed by atoms with Crippen molar-refractivity contribution in [2.24, 2.45) is 0 Å². The van der Waals surface area contributed by atoms with Gasteiger partial charge >= 0.3 is 5.97 Å². The third-order valence-corrected chi connectivity index (χ3v) is 3.70.